The maximum absolute atomic E-state index is 10.1. The molecule has 0 aliphatic rings. The Balaban J connectivity index is 3.18. The first kappa shape index (κ1) is 14.4. The Kier molecular flexibility index (Phi) is 9.55. The van der Waals surface area contributed by atoms with Crippen molar-refractivity contribution in [2.75, 3.05) is 0 Å². The zero-order valence-corrected chi connectivity index (χ0v) is 10.6. The molecule has 0 radical (unpaired) electrons. The van der Waals surface area contributed by atoms with Crippen molar-refractivity contribution in [1.82, 2.24) is 0 Å². The van der Waals surface area contributed by atoms with Gasteiger partial charge in [0.1, 0.15) is 6.29 Å². The number of hydrogen-bond acceptors (Lipinski definition) is 1. The Labute approximate surface area is 95.0 Å². The molecule has 0 spiro atoms. The predicted octanol–water partition coefficient (Wildman–Crippen LogP) is 4.66. The molecule has 15 heavy (non-hydrogen) atoms. The third-order valence-corrected chi connectivity index (χ3v) is 2.98. The highest BCUT2D eigenvalue weighted by molar-refractivity contribution is 5.48. The highest BCUT2D eigenvalue weighted by atomic mass is 16.1. The quantitative estimate of drug-likeness (QED) is 0.307. The van der Waals surface area contributed by atoms with Crippen LogP contribution in [0.15, 0.2) is 11.1 Å². The van der Waals surface area contributed by atoms with E-state index in [1.54, 1.807) is 5.57 Å². The van der Waals surface area contributed by atoms with Gasteiger partial charge in [0.2, 0.25) is 0 Å². The summed E-state index contributed by atoms with van der Waals surface area (Å²) in [6, 6.07) is 0. The molecule has 0 fully saturated rings. The summed E-state index contributed by atoms with van der Waals surface area (Å²) in [6.45, 7) is 6.61. The third-order valence-electron chi connectivity index (χ3n) is 2.98. The third kappa shape index (κ3) is 9.71. The Bertz CT molecular complexity index is 188. The van der Waals surface area contributed by atoms with Crippen LogP contribution in [-0.4, -0.2) is 6.29 Å². The topological polar surface area (TPSA) is 17.1 Å². The van der Waals surface area contributed by atoms with Crippen LogP contribution < -0.4 is 0 Å². The number of carbonyl (C=O) groups excluding carboxylic acids is 1. The first-order valence-corrected chi connectivity index (χ1v) is 6.25. The minimum Gasteiger partial charge on any atom is -0.303 e. The Morgan fingerprint density at radius 2 is 1.40 bits per heavy atom. The lowest BCUT2D eigenvalue weighted by molar-refractivity contribution is -0.107. The number of hydrogen-bond donors (Lipinski definition) is 0. The lowest BCUT2D eigenvalue weighted by Crippen LogP contribution is -1.84. The fraction of sp³-hybridized carbons (Fsp3) is 0.786. The SMILES string of the molecule is CC(C)=C(C)CCCCCCCCC=O. The number of carbonyl (C=O) groups is 1. The second-order valence-electron chi connectivity index (χ2n) is 4.61. The molecule has 1 nitrogen and oxygen atoms in total. The molecule has 0 rings (SSSR count). The van der Waals surface area contributed by atoms with Gasteiger partial charge in [-0.05, 0) is 40.0 Å². The normalized spacial score (nSPS) is 10.1. The summed E-state index contributed by atoms with van der Waals surface area (Å²) in [6.07, 6.45) is 10.6. The fourth-order valence-electron chi connectivity index (χ4n) is 1.57. The Hall–Kier alpha value is -0.590. The number of aldehydes is 1. The van der Waals surface area contributed by atoms with Gasteiger partial charge in [0, 0.05) is 6.42 Å². The Morgan fingerprint density at radius 3 is 1.93 bits per heavy atom. The first-order chi connectivity index (χ1) is 7.18. The van der Waals surface area contributed by atoms with Crippen molar-refractivity contribution >= 4 is 6.29 Å². The minimum atomic E-state index is 0.747. The number of rotatable bonds is 9. The van der Waals surface area contributed by atoms with Crippen LogP contribution in [0.2, 0.25) is 0 Å². The van der Waals surface area contributed by atoms with E-state index in [1.165, 1.54) is 44.1 Å². The van der Waals surface area contributed by atoms with E-state index in [2.05, 4.69) is 20.8 Å². The van der Waals surface area contributed by atoms with E-state index >= 15 is 0 Å². The summed E-state index contributed by atoms with van der Waals surface area (Å²) < 4.78 is 0. The fourth-order valence-corrected chi connectivity index (χ4v) is 1.57. The molecule has 0 amide bonds. The lowest BCUT2D eigenvalue weighted by atomic mass is 10.0. The van der Waals surface area contributed by atoms with Crippen LogP contribution in [0.1, 0.15) is 72.1 Å². The van der Waals surface area contributed by atoms with Crippen molar-refractivity contribution in [3.05, 3.63) is 11.1 Å². The van der Waals surface area contributed by atoms with Gasteiger partial charge in [0.05, 0.1) is 0 Å². The van der Waals surface area contributed by atoms with Crippen molar-refractivity contribution < 1.29 is 4.79 Å². The zero-order valence-electron chi connectivity index (χ0n) is 10.6. The molecule has 0 atom stereocenters. The molecular formula is C14H26O. The second kappa shape index (κ2) is 9.95. The molecule has 0 aromatic carbocycles. The summed E-state index contributed by atoms with van der Waals surface area (Å²) in [5.41, 5.74) is 3.02. The van der Waals surface area contributed by atoms with Crippen molar-refractivity contribution in [1.29, 1.82) is 0 Å². The van der Waals surface area contributed by atoms with Crippen molar-refractivity contribution in [3.8, 4) is 0 Å². The van der Waals surface area contributed by atoms with Gasteiger partial charge in [0.25, 0.3) is 0 Å². The maximum Gasteiger partial charge on any atom is 0.119 e. The van der Waals surface area contributed by atoms with Crippen molar-refractivity contribution in [3.63, 3.8) is 0 Å². The summed E-state index contributed by atoms with van der Waals surface area (Å²) in [5.74, 6) is 0. The van der Waals surface area contributed by atoms with E-state index in [4.69, 9.17) is 0 Å². The van der Waals surface area contributed by atoms with Crippen LogP contribution in [0.25, 0.3) is 0 Å². The Morgan fingerprint density at radius 1 is 0.867 bits per heavy atom. The van der Waals surface area contributed by atoms with E-state index in [0.29, 0.717) is 0 Å². The monoisotopic (exact) mass is 210 g/mol. The molecule has 0 heterocycles. The summed E-state index contributed by atoms with van der Waals surface area (Å²) in [7, 11) is 0. The highest BCUT2D eigenvalue weighted by Crippen LogP contribution is 2.14. The zero-order chi connectivity index (χ0) is 11.5. The summed E-state index contributed by atoms with van der Waals surface area (Å²) in [5, 5.41) is 0. The number of unbranched alkanes of at least 4 members (excludes halogenated alkanes) is 6. The van der Waals surface area contributed by atoms with Gasteiger partial charge in [0.15, 0.2) is 0 Å². The van der Waals surface area contributed by atoms with Crippen LogP contribution in [-0.2, 0) is 4.79 Å². The average Bonchev–Trinajstić information content (AvgIpc) is 2.21. The molecule has 0 aliphatic heterocycles. The van der Waals surface area contributed by atoms with Crippen LogP contribution >= 0.6 is 0 Å². The van der Waals surface area contributed by atoms with E-state index in [-0.39, 0.29) is 0 Å². The smallest absolute Gasteiger partial charge is 0.119 e. The lowest BCUT2D eigenvalue weighted by Gasteiger charge is -2.03. The molecule has 0 saturated carbocycles. The van der Waals surface area contributed by atoms with Crippen LogP contribution in [0.5, 0.6) is 0 Å². The van der Waals surface area contributed by atoms with E-state index in [1.807, 2.05) is 0 Å². The van der Waals surface area contributed by atoms with Crippen molar-refractivity contribution in [2.45, 2.75) is 72.1 Å². The largest absolute Gasteiger partial charge is 0.303 e. The number of allylic oxidation sites excluding steroid dienone is 2. The van der Waals surface area contributed by atoms with Gasteiger partial charge in [-0.15, -0.1) is 0 Å². The first-order valence-electron chi connectivity index (χ1n) is 6.25. The molecule has 1 heteroatoms. The van der Waals surface area contributed by atoms with E-state index in [0.717, 1.165) is 19.1 Å². The van der Waals surface area contributed by atoms with Crippen LogP contribution in [0, 0.1) is 0 Å². The average molecular weight is 210 g/mol. The molecule has 0 bridgehead atoms. The van der Waals surface area contributed by atoms with Gasteiger partial charge >= 0.3 is 0 Å². The van der Waals surface area contributed by atoms with Gasteiger partial charge in [-0.2, -0.15) is 0 Å². The van der Waals surface area contributed by atoms with Crippen LogP contribution in [0.3, 0.4) is 0 Å². The standard InChI is InChI=1S/C14H26O/c1-13(2)14(3)11-9-7-5-4-6-8-10-12-15/h12H,4-11H2,1-3H3. The summed E-state index contributed by atoms with van der Waals surface area (Å²) in [4.78, 5) is 10.1. The van der Waals surface area contributed by atoms with Gasteiger partial charge in [-0.1, -0.05) is 36.8 Å². The molecule has 0 N–H and O–H groups in total. The molecular weight excluding hydrogens is 184 g/mol. The van der Waals surface area contributed by atoms with Gasteiger partial charge in [-0.25, -0.2) is 0 Å². The van der Waals surface area contributed by atoms with Gasteiger partial charge < -0.3 is 4.79 Å². The van der Waals surface area contributed by atoms with Crippen molar-refractivity contribution in [2.24, 2.45) is 0 Å². The molecule has 0 aliphatic carbocycles. The molecule has 88 valence electrons. The van der Waals surface area contributed by atoms with Crippen LogP contribution in [0.4, 0.5) is 0 Å². The van der Waals surface area contributed by atoms with Gasteiger partial charge in [-0.3, -0.25) is 0 Å². The molecule has 0 aromatic rings. The van der Waals surface area contributed by atoms with E-state index < -0.39 is 0 Å². The summed E-state index contributed by atoms with van der Waals surface area (Å²) >= 11 is 0. The molecule has 0 saturated heterocycles. The molecule has 0 aromatic heterocycles. The minimum absolute atomic E-state index is 0.747. The highest BCUT2D eigenvalue weighted by Gasteiger charge is 1.94. The molecule has 0 unspecified atom stereocenters. The predicted molar refractivity (Wildman–Crippen MR) is 67.0 cm³/mol. The second-order valence-corrected chi connectivity index (χ2v) is 4.61. The van der Waals surface area contributed by atoms with E-state index in [9.17, 15) is 4.79 Å². The maximum atomic E-state index is 10.1.